The predicted octanol–water partition coefficient (Wildman–Crippen LogP) is 3.11. The van der Waals surface area contributed by atoms with Crippen LogP contribution in [-0.4, -0.2) is 25.2 Å². The summed E-state index contributed by atoms with van der Waals surface area (Å²) in [5, 5.41) is 0. The summed E-state index contributed by atoms with van der Waals surface area (Å²) < 4.78 is 18.5. The number of halogens is 1. The maximum atomic E-state index is 13.3. The Morgan fingerprint density at radius 2 is 2.29 bits per heavy atom. The highest BCUT2D eigenvalue weighted by atomic mass is 19.1. The standard InChI is InChI=1S/C11H20FNO/c1-2-3-4-5-6-10(12)9-11-13-7-8-14-11/h10H,2-9H2,1H3. The molecule has 14 heavy (non-hydrogen) atoms. The number of unbranched alkanes of at least 4 members (excludes halogenated alkanes) is 3. The van der Waals surface area contributed by atoms with Gasteiger partial charge in [0.2, 0.25) is 0 Å². The molecule has 3 heteroatoms. The van der Waals surface area contributed by atoms with Gasteiger partial charge < -0.3 is 4.74 Å². The van der Waals surface area contributed by atoms with E-state index in [2.05, 4.69) is 11.9 Å². The molecule has 82 valence electrons. The van der Waals surface area contributed by atoms with Gasteiger partial charge in [-0.2, -0.15) is 0 Å². The topological polar surface area (TPSA) is 21.6 Å². The zero-order valence-electron chi connectivity index (χ0n) is 8.97. The second kappa shape index (κ2) is 6.80. The summed E-state index contributed by atoms with van der Waals surface area (Å²) in [6, 6.07) is 0. The highest BCUT2D eigenvalue weighted by Crippen LogP contribution is 2.13. The lowest BCUT2D eigenvalue weighted by molar-refractivity contribution is 0.280. The van der Waals surface area contributed by atoms with Crippen LogP contribution in [0.3, 0.4) is 0 Å². The molecule has 0 saturated heterocycles. The van der Waals surface area contributed by atoms with Gasteiger partial charge in [0, 0.05) is 0 Å². The third-order valence-corrected chi connectivity index (χ3v) is 2.42. The van der Waals surface area contributed by atoms with Crippen molar-refractivity contribution >= 4 is 5.90 Å². The van der Waals surface area contributed by atoms with E-state index in [0.717, 1.165) is 12.8 Å². The molecule has 0 aromatic carbocycles. The van der Waals surface area contributed by atoms with Crippen LogP contribution in [-0.2, 0) is 4.74 Å². The molecule has 0 fully saturated rings. The van der Waals surface area contributed by atoms with E-state index in [4.69, 9.17) is 4.74 Å². The van der Waals surface area contributed by atoms with E-state index in [-0.39, 0.29) is 0 Å². The zero-order chi connectivity index (χ0) is 10.2. The highest BCUT2D eigenvalue weighted by Gasteiger charge is 2.14. The summed E-state index contributed by atoms with van der Waals surface area (Å²) in [5.74, 6) is 0.619. The third kappa shape index (κ3) is 4.58. The molecule has 1 atom stereocenters. The summed E-state index contributed by atoms with van der Waals surface area (Å²) in [6.07, 6.45) is 4.82. The van der Waals surface area contributed by atoms with Crippen molar-refractivity contribution < 1.29 is 9.13 Å². The molecule has 0 radical (unpaired) electrons. The van der Waals surface area contributed by atoms with Crippen molar-refractivity contribution in [3.05, 3.63) is 0 Å². The number of ether oxygens (including phenoxy) is 1. The smallest absolute Gasteiger partial charge is 0.186 e. The lowest BCUT2D eigenvalue weighted by Crippen LogP contribution is -2.09. The molecule has 0 aromatic rings. The van der Waals surface area contributed by atoms with Crippen molar-refractivity contribution in [1.82, 2.24) is 0 Å². The molecule has 0 saturated carbocycles. The van der Waals surface area contributed by atoms with Crippen LogP contribution in [0, 0.1) is 0 Å². The van der Waals surface area contributed by atoms with Gasteiger partial charge in [-0.15, -0.1) is 0 Å². The van der Waals surface area contributed by atoms with Gasteiger partial charge in [0.1, 0.15) is 12.8 Å². The summed E-state index contributed by atoms with van der Waals surface area (Å²) >= 11 is 0. The molecular weight excluding hydrogens is 181 g/mol. The van der Waals surface area contributed by atoms with E-state index in [1.54, 1.807) is 0 Å². The van der Waals surface area contributed by atoms with Crippen LogP contribution in [0.5, 0.6) is 0 Å². The molecule has 2 nitrogen and oxygen atoms in total. The largest absolute Gasteiger partial charge is 0.479 e. The van der Waals surface area contributed by atoms with Gasteiger partial charge in [0.05, 0.1) is 13.0 Å². The Morgan fingerprint density at radius 3 is 2.93 bits per heavy atom. The van der Waals surface area contributed by atoms with Gasteiger partial charge in [-0.25, -0.2) is 4.39 Å². The van der Waals surface area contributed by atoms with Gasteiger partial charge in [-0.1, -0.05) is 32.6 Å². The quantitative estimate of drug-likeness (QED) is 0.580. The fraction of sp³-hybridized carbons (Fsp3) is 0.909. The first kappa shape index (κ1) is 11.5. The molecule has 0 bridgehead atoms. The Hall–Kier alpha value is -0.600. The minimum Gasteiger partial charge on any atom is -0.479 e. The molecule has 1 heterocycles. The second-order valence-electron chi connectivity index (χ2n) is 3.77. The van der Waals surface area contributed by atoms with E-state index in [1.807, 2.05) is 0 Å². The first-order valence-electron chi connectivity index (χ1n) is 5.63. The van der Waals surface area contributed by atoms with E-state index in [9.17, 15) is 4.39 Å². The monoisotopic (exact) mass is 201 g/mol. The third-order valence-electron chi connectivity index (χ3n) is 2.42. The highest BCUT2D eigenvalue weighted by molar-refractivity contribution is 5.77. The average Bonchev–Trinajstić information content (AvgIpc) is 2.65. The number of alkyl halides is 1. The summed E-state index contributed by atoms with van der Waals surface area (Å²) in [7, 11) is 0. The SMILES string of the molecule is CCCCCCC(F)CC1=NCCO1. The van der Waals surface area contributed by atoms with Crippen molar-refractivity contribution in [2.45, 2.75) is 51.6 Å². The van der Waals surface area contributed by atoms with Crippen LogP contribution in [0.25, 0.3) is 0 Å². The minimum absolute atomic E-state index is 0.381. The van der Waals surface area contributed by atoms with Crippen LogP contribution in [0.15, 0.2) is 4.99 Å². The molecule has 0 aliphatic carbocycles. The Balaban J connectivity index is 2.00. The van der Waals surface area contributed by atoms with Crippen molar-refractivity contribution in [3.8, 4) is 0 Å². The first-order valence-corrected chi connectivity index (χ1v) is 5.63. The maximum Gasteiger partial charge on any atom is 0.186 e. The molecule has 0 N–H and O–H groups in total. The molecule has 0 amide bonds. The first-order chi connectivity index (χ1) is 6.83. The molecular formula is C11H20FNO. The van der Waals surface area contributed by atoms with Crippen LogP contribution in [0.1, 0.15) is 45.4 Å². The van der Waals surface area contributed by atoms with Crippen molar-refractivity contribution in [1.29, 1.82) is 0 Å². The Bertz CT molecular complexity index is 182. The van der Waals surface area contributed by atoms with Gasteiger partial charge in [-0.05, 0) is 6.42 Å². The minimum atomic E-state index is -0.760. The number of aliphatic imine (C=N–C) groups is 1. The van der Waals surface area contributed by atoms with Crippen LogP contribution in [0.2, 0.25) is 0 Å². The van der Waals surface area contributed by atoms with Crippen LogP contribution < -0.4 is 0 Å². The molecule has 0 spiro atoms. The summed E-state index contributed by atoms with van der Waals surface area (Å²) in [6.45, 7) is 3.50. The summed E-state index contributed by atoms with van der Waals surface area (Å²) in [5.41, 5.74) is 0. The average molecular weight is 201 g/mol. The number of hydrogen-bond donors (Lipinski definition) is 0. The van der Waals surface area contributed by atoms with Crippen LogP contribution in [0.4, 0.5) is 4.39 Å². The fourth-order valence-corrected chi connectivity index (χ4v) is 1.59. The van der Waals surface area contributed by atoms with E-state index >= 15 is 0 Å². The lowest BCUT2D eigenvalue weighted by atomic mass is 10.1. The Kier molecular flexibility index (Phi) is 5.57. The predicted molar refractivity (Wildman–Crippen MR) is 56.5 cm³/mol. The van der Waals surface area contributed by atoms with Crippen molar-refractivity contribution in [3.63, 3.8) is 0 Å². The molecule has 0 aromatic heterocycles. The van der Waals surface area contributed by atoms with E-state index < -0.39 is 6.17 Å². The van der Waals surface area contributed by atoms with E-state index in [1.165, 1.54) is 12.8 Å². The Morgan fingerprint density at radius 1 is 1.43 bits per heavy atom. The fourth-order valence-electron chi connectivity index (χ4n) is 1.59. The zero-order valence-corrected chi connectivity index (χ0v) is 8.97. The maximum absolute atomic E-state index is 13.3. The lowest BCUT2D eigenvalue weighted by Gasteiger charge is -2.07. The molecule has 1 aliphatic heterocycles. The van der Waals surface area contributed by atoms with Gasteiger partial charge in [0.25, 0.3) is 0 Å². The van der Waals surface area contributed by atoms with Crippen molar-refractivity contribution in [2.24, 2.45) is 4.99 Å². The normalized spacial score (nSPS) is 17.7. The van der Waals surface area contributed by atoms with Crippen LogP contribution >= 0.6 is 0 Å². The van der Waals surface area contributed by atoms with Gasteiger partial charge >= 0.3 is 0 Å². The van der Waals surface area contributed by atoms with E-state index in [0.29, 0.717) is 31.9 Å². The number of hydrogen-bond acceptors (Lipinski definition) is 2. The van der Waals surface area contributed by atoms with Crippen molar-refractivity contribution in [2.75, 3.05) is 13.2 Å². The molecule has 1 unspecified atom stereocenters. The number of nitrogens with zero attached hydrogens (tertiary/aromatic N) is 1. The molecule has 1 aliphatic rings. The summed E-state index contributed by atoms with van der Waals surface area (Å²) in [4.78, 5) is 4.07. The van der Waals surface area contributed by atoms with Gasteiger partial charge in [-0.3, -0.25) is 4.99 Å². The Labute approximate surface area is 85.6 Å². The van der Waals surface area contributed by atoms with Gasteiger partial charge in [0.15, 0.2) is 5.90 Å². The number of rotatable bonds is 7. The molecule has 1 rings (SSSR count). The second-order valence-corrected chi connectivity index (χ2v) is 3.77.